The van der Waals surface area contributed by atoms with E-state index in [2.05, 4.69) is 16.9 Å². The van der Waals surface area contributed by atoms with Gasteiger partial charge in [0.1, 0.15) is 12.4 Å². The Hall–Kier alpha value is -0.510. The molecule has 1 aromatic heterocycles. The van der Waals surface area contributed by atoms with Crippen LogP contribution in [0.3, 0.4) is 0 Å². The molecule has 2 heterocycles. The van der Waals surface area contributed by atoms with Gasteiger partial charge in [-0.05, 0) is 44.4 Å². The van der Waals surface area contributed by atoms with Gasteiger partial charge in [0.15, 0.2) is 0 Å². The molecule has 0 spiro atoms. The SMILES string of the molecule is CN1C(COc2cccnc2)[C@H]2CC[C@@H]1C2.Cl.Cl. The first-order valence-electron chi connectivity index (χ1n) is 6.09. The molecule has 0 N–H and O–H groups in total. The highest BCUT2D eigenvalue weighted by Crippen LogP contribution is 2.41. The summed E-state index contributed by atoms with van der Waals surface area (Å²) < 4.78 is 5.81. The van der Waals surface area contributed by atoms with Crippen LogP contribution in [0.5, 0.6) is 5.75 Å². The fourth-order valence-corrected chi connectivity index (χ4v) is 3.18. The summed E-state index contributed by atoms with van der Waals surface area (Å²) in [4.78, 5) is 6.56. The minimum Gasteiger partial charge on any atom is -0.490 e. The topological polar surface area (TPSA) is 25.4 Å². The van der Waals surface area contributed by atoms with Crippen LogP contribution >= 0.6 is 24.8 Å². The summed E-state index contributed by atoms with van der Waals surface area (Å²) in [7, 11) is 2.24. The van der Waals surface area contributed by atoms with Crippen molar-refractivity contribution in [2.24, 2.45) is 5.92 Å². The van der Waals surface area contributed by atoms with Gasteiger partial charge in [0.2, 0.25) is 0 Å². The van der Waals surface area contributed by atoms with Crippen molar-refractivity contribution in [3.63, 3.8) is 0 Å². The highest BCUT2D eigenvalue weighted by Gasteiger charge is 2.43. The number of likely N-dealkylation sites (N-methyl/N-ethyl adjacent to an activating group) is 1. The highest BCUT2D eigenvalue weighted by molar-refractivity contribution is 5.85. The van der Waals surface area contributed by atoms with Crippen molar-refractivity contribution in [2.45, 2.75) is 31.3 Å². The molecule has 1 saturated heterocycles. The average Bonchev–Trinajstić information content (AvgIpc) is 2.89. The number of aromatic nitrogens is 1. The lowest BCUT2D eigenvalue weighted by atomic mass is 10.00. The molecule has 0 radical (unpaired) electrons. The molecule has 18 heavy (non-hydrogen) atoms. The molecular weight excluding hydrogens is 271 g/mol. The normalized spacial score (nSPS) is 29.5. The van der Waals surface area contributed by atoms with Crippen LogP contribution in [0.25, 0.3) is 0 Å². The van der Waals surface area contributed by atoms with Crippen molar-refractivity contribution < 1.29 is 4.74 Å². The lowest BCUT2D eigenvalue weighted by Gasteiger charge is -2.31. The largest absolute Gasteiger partial charge is 0.490 e. The third-order valence-electron chi connectivity index (χ3n) is 4.14. The minimum absolute atomic E-state index is 0. The number of likely N-dealkylation sites (tertiary alicyclic amines) is 1. The smallest absolute Gasteiger partial charge is 0.137 e. The average molecular weight is 291 g/mol. The molecule has 3 rings (SSSR count). The molecule has 1 saturated carbocycles. The quantitative estimate of drug-likeness (QED) is 0.856. The summed E-state index contributed by atoms with van der Waals surface area (Å²) in [5.74, 6) is 1.74. The van der Waals surface area contributed by atoms with Crippen molar-refractivity contribution >= 4 is 24.8 Å². The van der Waals surface area contributed by atoms with Gasteiger partial charge in [0.05, 0.1) is 6.20 Å². The van der Waals surface area contributed by atoms with Gasteiger partial charge in [-0.2, -0.15) is 0 Å². The number of fused-ring (bicyclic) bond motifs is 2. The Morgan fingerprint density at radius 1 is 1.39 bits per heavy atom. The van der Waals surface area contributed by atoms with Gasteiger partial charge in [-0.15, -0.1) is 24.8 Å². The van der Waals surface area contributed by atoms with Gasteiger partial charge >= 0.3 is 0 Å². The van der Waals surface area contributed by atoms with Crippen molar-refractivity contribution in [1.82, 2.24) is 9.88 Å². The Labute approximate surface area is 121 Å². The molecule has 0 amide bonds. The first-order valence-corrected chi connectivity index (χ1v) is 6.09. The van der Waals surface area contributed by atoms with E-state index in [4.69, 9.17) is 4.74 Å². The highest BCUT2D eigenvalue weighted by atomic mass is 35.5. The van der Waals surface area contributed by atoms with Crippen LogP contribution in [0.1, 0.15) is 19.3 Å². The maximum absolute atomic E-state index is 5.81. The fraction of sp³-hybridized carbons (Fsp3) is 0.615. The molecule has 2 bridgehead atoms. The van der Waals surface area contributed by atoms with Gasteiger partial charge in [0.25, 0.3) is 0 Å². The van der Waals surface area contributed by atoms with Crippen LogP contribution in [0.2, 0.25) is 0 Å². The Balaban J connectivity index is 0.000000810. The van der Waals surface area contributed by atoms with Gasteiger partial charge in [-0.3, -0.25) is 9.88 Å². The third kappa shape index (κ3) is 2.90. The summed E-state index contributed by atoms with van der Waals surface area (Å²) in [5.41, 5.74) is 0. The van der Waals surface area contributed by atoms with E-state index in [9.17, 15) is 0 Å². The van der Waals surface area contributed by atoms with Gasteiger partial charge in [-0.25, -0.2) is 0 Å². The van der Waals surface area contributed by atoms with Crippen LogP contribution in [0, 0.1) is 5.92 Å². The summed E-state index contributed by atoms with van der Waals surface area (Å²) >= 11 is 0. The second kappa shape index (κ2) is 6.60. The Kier molecular flexibility index (Phi) is 5.70. The van der Waals surface area contributed by atoms with Crippen LogP contribution in [-0.4, -0.2) is 35.6 Å². The zero-order chi connectivity index (χ0) is 11.0. The molecule has 1 aromatic rings. The number of rotatable bonds is 3. The summed E-state index contributed by atoms with van der Waals surface area (Å²) in [6.45, 7) is 0.809. The van der Waals surface area contributed by atoms with E-state index in [1.54, 1.807) is 12.4 Å². The Morgan fingerprint density at radius 3 is 2.83 bits per heavy atom. The number of pyridine rings is 1. The van der Waals surface area contributed by atoms with Crippen molar-refractivity contribution in [3.8, 4) is 5.75 Å². The molecule has 2 aliphatic rings. The van der Waals surface area contributed by atoms with E-state index < -0.39 is 0 Å². The Bertz CT molecular complexity index is 361. The van der Waals surface area contributed by atoms with Crippen LogP contribution in [0.15, 0.2) is 24.5 Å². The Morgan fingerprint density at radius 2 is 2.22 bits per heavy atom. The van der Waals surface area contributed by atoms with E-state index in [0.717, 1.165) is 24.3 Å². The number of ether oxygens (including phenoxy) is 1. The number of piperidine rings is 1. The van der Waals surface area contributed by atoms with Crippen molar-refractivity contribution in [2.75, 3.05) is 13.7 Å². The lowest BCUT2D eigenvalue weighted by Crippen LogP contribution is -2.41. The minimum atomic E-state index is 0. The van der Waals surface area contributed by atoms with Crippen molar-refractivity contribution in [1.29, 1.82) is 0 Å². The predicted molar refractivity (Wildman–Crippen MR) is 76.9 cm³/mol. The van der Waals surface area contributed by atoms with Gasteiger partial charge in [0, 0.05) is 18.3 Å². The summed E-state index contributed by atoms with van der Waals surface area (Å²) in [6, 6.07) is 5.31. The van der Waals surface area contributed by atoms with Crippen LogP contribution < -0.4 is 4.74 Å². The zero-order valence-electron chi connectivity index (χ0n) is 10.5. The third-order valence-corrected chi connectivity index (χ3v) is 4.14. The molecule has 3 atom stereocenters. The van der Waals surface area contributed by atoms with Gasteiger partial charge < -0.3 is 4.74 Å². The first kappa shape index (κ1) is 15.5. The molecule has 102 valence electrons. The first-order chi connectivity index (χ1) is 7.84. The second-order valence-electron chi connectivity index (χ2n) is 4.96. The maximum atomic E-state index is 5.81. The standard InChI is InChI=1S/C13H18N2O.2ClH/c1-15-11-5-4-10(7-11)13(15)9-16-12-3-2-6-14-8-12;;/h2-3,6,8,10-11,13H,4-5,7,9H2,1H3;2*1H/t10-,11+,13?;;/m0../s1. The molecule has 3 nitrogen and oxygen atoms in total. The number of hydrogen-bond acceptors (Lipinski definition) is 3. The molecule has 0 aromatic carbocycles. The number of hydrogen-bond donors (Lipinski definition) is 0. The van der Waals surface area contributed by atoms with E-state index in [1.807, 2.05) is 12.1 Å². The van der Waals surface area contributed by atoms with Crippen LogP contribution in [0.4, 0.5) is 0 Å². The monoisotopic (exact) mass is 290 g/mol. The van der Waals surface area contributed by atoms with E-state index in [0.29, 0.717) is 6.04 Å². The van der Waals surface area contributed by atoms with E-state index in [-0.39, 0.29) is 24.8 Å². The van der Waals surface area contributed by atoms with Gasteiger partial charge in [-0.1, -0.05) is 0 Å². The molecule has 5 heteroatoms. The number of halogens is 2. The molecular formula is C13H20Cl2N2O. The maximum Gasteiger partial charge on any atom is 0.137 e. The van der Waals surface area contributed by atoms with Crippen LogP contribution in [-0.2, 0) is 0 Å². The van der Waals surface area contributed by atoms with E-state index >= 15 is 0 Å². The predicted octanol–water partition coefficient (Wildman–Crippen LogP) is 2.79. The summed E-state index contributed by atoms with van der Waals surface area (Å²) in [6.07, 6.45) is 7.70. The molecule has 2 fully saturated rings. The zero-order valence-corrected chi connectivity index (χ0v) is 12.1. The molecule has 1 aliphatic carbocycles. The lowest BCUT2D eigenvalue weighted by molar-refractivity contribution is 0.118. The molecule has 1 unspecified atom stereocenters. The van der Waals surface area contributed by atoms with Crippen molar-refractivity contribution in [3.05, 3.63) is 24.5 Å². The van der Waals surface area contributed by atoms with E-state index in [1.165, 1.54) is 19.3 Å². The fourth-order valence-electron chi connectivity index (χ4n) is 3.18. The number of nitrogens with zero attached hydrogens (tertiary/aromatic N) is 2. The second-order valence-corrected chi connectivity index (χ2v) is 4.96. The summed E-state index contributed by atoms with van der Waals surface area (Å²) in [5, 5.41) is 0. The molecule has 1 aliphatic heterocycles.